The normalized spacial score (nSPS) is 12.7. The summed E-state index contributed by atoms with van der Waals surface area (Å²) in [4.78, 5) is 1.26. The average Bonchev–Trinajstić information content (AvgIpc) is 2.27. The summed E-state index contributed by atoms with van der Waals surface area (Å²) in [6.07, 6.45) is 1.20. The molecule has 0 amide bonds. The Morgan fingerprint density at radius 1 is 1.44 bits per heavy atom. The van der Waals surface area contributed by atoms with Crippen LogP contribution >= 0.6 is 23.4 Å². The zero-order valence-corrected chi connectivity index (χ0v) is 11.6. The van der Waals surface area contributed by atoms with Crippen LogP contribution < -0.4 is 5.32 Å². The van der Waals surface area contributed by atoms with E-state index in [1.165, 1.54) is 11.3 Å². The molecule has 0 heterocycles. The molecule has 0 spiro atoms. The monoisotopic (exact) mass is 257 g/mol. The maximum Gasteiger partial charge on any atom is 0.0417 e. The Morgan fingerprint density at radius 3 is 2.94 bits per heavy atom. The molecule has 1 aromatic carbocycles. The van der Waals surface area contributed by atoms with Gasteiger partial charge in [-0.2, -0.15) is 0 Å². The van der Waals surface area contributed by atoms with Crippen LogP contribution in [0.2, 0.25) is 5.02 Å². The smallest absolute Gasteiger partial charge is 0.0417 e. The first kappa shape index (κ1) is 13.9. The van der Waals surface area contributed by atoms with E-state index in [0.717, 1.165) is 23.9 Å². The Balaban J connectivity index is 2.23. The second-order valence-electron chi connectivity index (χ2n) is 4.08. The van der Waals surface area contributed by atoms with Crippen molar-refractivity contribution in [2.24, 2.45) is 5.92 Å². The highest BCUT2D eigenvalue weighted by atomic mass is 35.5. The van der Waals surface area contributed by atoms with E-state index in [4.69, 9.17) is 11.6 Å². The van der Waals surface area contributed by atoms with E-state index in [9.17, 15) is 0 Å². The number of nitrogens with one attached hydrogen (secondary N) is 1. The molecule has 0 aliphatic rings. The minimum absolute atomic E-state index is 0.690. The first-order valence-corrected chi connectivity index (χ1v) is 7.17. The summed E-state index contributed by atoms with van der Waals surface area (Å²) in [5.41, 5.74) is 0. The van der Waals surface area contributed by atoms with Crippen LogP contribution in [0, 0.1) is 5.92 Å². The molecule has 16 heavy (non-hydrogen) atoms. The van der Waals surface area contributed by atoms with Crippen LogP contribution in [-0.4, -0.2) is 18.8 Å². The van der Waals surface area contributed by atoms with Crippen LogP contribution in [0.5, 0.6) is 0 Å². The molecule has 1 nitrogen and oxygen atoms in total. The van der Waals surface area contributed by atoms with E-state index >= 15 is 0 Å². The van der Waals surface area contributed by atoms with E-state index in [2.05, 4.69) is 25.2 Å². The van der Waals surface area contributed by atoms with Crippen molar-refractivity contribution in [3.63, 3.8) is 0 Å². The van der Waals surface area contributed by atoms with Gasteiger partial charge < -0.3 is 5.32 Å². The third-order valence-electron chi connectivity index (χ3n) is 2.25. The summed E-state index contributed by atoms with van der Waals surface area (Å²) in [7, 11) is 0. The molecule has 0 saturated heterocycles. The maximum absolute atomic E-state index is 5.94. The lowest BCUT2D eigenvalue weighted by molar-refractivity contribution is 0.557. The highest BCUT2D eigenvalue weighted by Crippen LogP contribution is 2.23. The van der Waals surface area contributed by atoms with E-state index in [1.807, 2.05) is 30.0 Å². The maximum atomic E-state index is 5.94. The van der Waals surface area contributed by atoms with Crippen molar-refractivity contribution in [1.29, 1.82) is 0 Å². The Hall–Kier alpha value is -0.180. The molecule has 0 saturated carbocycles. The second kappa shape index (κ2) is 7.99. The molecule has 1 N–H and O–H groups in total. The summed E-state index contributed by atoms with van der Waals surface area (Å²) >= 11 is 7.81. The minimum Gasteiger partial charge on any atom is -0.316 e. The van der Waals surface area contributed by atoms with Crippen LogP contribution in [0.3, 0.4) is 0 Å². The third kappa shape index (κ3) is 5.78. The molecule has 1 aromatic rings. The number of hydrogen-bond acceptors (Lipinski definition) is 2. The second-order valence-corrected chi connectivity index (χ2v) is 5.61. The SMILES string of the molecule is CCCNCC(C)CSc1cccc(Cl)c1. The topological polar surface area (TPSA) is 12.0 Å². The molecular weight excluding hydrogens is 238 g/mol. The fourth-order valence-corrected chi connectivity index (χ4v) is 2.61. The zero-order chi connectivity index (χ0) is 11.8. The number of benzene rings is 1. The number of thioether (sulfide) groups is 1. The first-order chi connectivity index (χ1) is 7.72. The van der Waals surface area contributed by atoms with Gasteiger partial charge in [0.25, 0.3) is 0 Å². The van der Waals surface area contributed by atoms with Crippen molar-refractivity contribution in [3.8, 4) is 0 Å². The Kier molecular flexibility index (Phi) is 6.93. The van der Waals surface area contributed by atoms with Gasteiger partial charge in [0, 0.05) is 15.7 Å². The van der Waals surface area contributed by atoms with Gasteiger partial charge in [-0.25, -0.2) is 0 Å². The fourth-order valence-electron chi connectivity index (χ4n) is 1.38. The van der Waals surface area contributed by atoms with Gasteiger partial charge in [0.2, 0.25) is 0 Å². The van der Waals surface area contributed by atoms with Gasteiger partial charge in [0.05, 0.1) is 0 Å². The molecule has 0 aliphatic carbocycles. The van der Waals surface area contributed by atoms with Crippen molar-refractivity contribution < 1.29 is 0 Å². The van der Waals surface area contributed by atoms with Gasteiger partial charge >= 0.3 is 0 Å². The van der Waals surface area contributed by atoms with Crippen LogP contribution in [0.25, 0.3) is 0 Å². The van der Waals surface area contributed by atoms with Gasteiger partial charge in [-0.15, -0.1) is 11.8 Å². The summed E-state index contributed by atoms with van der Waals surface area (Å²) in [6.45, 7) is 6.69. The van der Waals surface area contributed by atoms with E-state index < -0.39 is 0 Å². The van der Waals surface area contributed by atoms with Crippen molar-refractivity contribution in [2.75, 3.05) is 18.8 Å². The van der Waals surface area contributed by atoms with Gasteiger partial charge in [-0.1, -0.05) is 31.5 Å². The first-order valence-electron chi connectivity index (χ1n) is 5.81. The molecule has 1 atom stereocenters. The fraction of sp³-hybridized carbons (Fsp3) is 0.538. The Labute approximate surface area is 108 Å². The van der Waals surface area contributed by atoms with Crippen LogP contribution in [-0.2, 0) is 0 Å². The molecule has 0 fully saturated rings. The molecule has 1 rings (SSSR count). The van der Waals surface area contributed by atoms with Crippen LogP contribution in [0.15, 0.2) is 29.2 Å². The molecule has 1 unspecified atom stereocenters. The van der Waals surface area contributed by atoms with Gasteiger partial charge in [0.15, 0.2) is 0 Å². The number of rotatable bonds is 7. The summed E-state index contributed by atoms with van der Waals surface area (Å²) < 4.78 is 0. The van der Waals surface area contributed by atoms with Crippen LogP contribution in [0.1, 0.15) is 20.3 Å². The quantitative estimate of drug-likeness (QED) is 0.584. The predicted molar refractivity (Wildman–Crippen MR) is 74.5 cm³/mol. The van der Waals surface area contributed by atoms with E-state index in [-0.39, 0.29) is 0 Å². The summed E-state index contributed by atoms with van der Waals surface area (Å²) in [6, 6.07) is 8.06. The van der Waals surface area contributed by atoms with Gasteiger partial charge in [-0.05, 0) is 43.6 Å². The van der Waals surface area contributed by atoms with Crippen LogP contribution in [0.4, 0.5) is 0 Å². The highest BCUT2D eigenvalue weighted by Gasteiger charge is 2.02. The zero-order valence-electron chi connectivity index (χ0n) is 10.0. The third-order valence-corrected chi connectivity index (χ3v) is 3.81. The van der Waals surface area contributed by atoms with Crippen molar-refractivity contribution in [3.05, 3.63) is 29.3 Å². The van der Waals surface area contributed by atoms with Crippen molar-refractivity contribution in [2.45, 2.75) is 25.2 Å². The number of hydrogen-bond donors (Lipinski definition) is 1. The lowest BCUT2D eigenvalue weighted by atomic mass is 10.2. The average molecular weight is 258 g/mol. The molecule has 0 radical (unpaired) electrons. The lowest BCUT2D eigenvalue weighted by Crippen LogP contribution is -2.23. The molecule has 0 bridgehead atoms. The highest BCUT2D eigenvalue weighted by molar-refractivity contribution is 7.99. The van der Waals surface area contributed by atoms with Gasteiger partial charge in [0.1, 0.15) is 0 Å². The Bertz CT molecular complexity index is 304. The molecule has 0 aromatic heterocycles. The molecule has 0 aliphatic heterocycles. The summed E-state index contributed by atoms with van der Waals surface area (Å²) in [5, 5.41) is 4.26. The molecule has 90 valence electrons. The standard InChI is InChI=1S/C13H20ClNS/c1-3-7-15-9-11(2)10-16-13-6-4-5-12(14)8-13/h4-6,8,11,15H,3,7,9-10H2,1-2H3. The number of halogens is 1. The predicted octanol–water partition coefficient (Wildman–Crippen LogP) is 4.07. The van der Waals surface area contributed by atoms with Crippen molar-refractivity contribution >= 4 is 23.4 Å². The van der Waals surface area contributed by atoms with Gasteiger partial charge in [-0.3, -0.25) is 0 Å². The molecule has 3 heteroatoms. The van der Waals surface area contributed by atoms with E-state index in [1.54, 1.807) is 0 Å². The lowest BCUT2D eigenvalue weighted by Gasteiger charge is -2.11. The Morgan fingerprint density at radius 2 is 2.25 bits per heavy atom. The largest absolute Gasteiger partial charge is 0.316 e. The minimum atomic E-state index is 0.690. The summed E-state index contributed by atoms with van der Waals surface area (Å²) in [5.74, 6) is 1.83. The molecular formula is C13H20ClNS. The van der Waals surface area contributed by atoms with Crippen molar-refractivity contribution in [1.82, 2.24) is 5.32 Å². The van der Waals surface area contributed by atoms with E-state index in [0.29, 0.717) is 5.92 Å².